The smallest absolute Gasteiger partial charge is 0.157 e. The summed E-state index contributed by atoms with van der Waals surface area (Å²) in [4.78, 5) is 4.29. The lowest BCUT2D eigenvalue weighted by molar-refractivity contribution is 0.503. The van der Waals surface area contributed by atoms with Gasteiger partial charge in [-0.05, 0) is 24.1 Å². The predicted octanol–water partition coefficient (Wildman–Crippen LogP) is 3.18. The molecular formula is C13H16F2N2S. The molecular weight excluding hydrogens is 254 g/mol. The summed E-state index contributed by atoms with van der Waals surface area (Å²) >= 11 is 1.63. The fourth-order valence-electron chi connectivity index (χ4n) is 1.68. The van der Waals surface area contributed by atoms with Gasteiger partial charge >= 0.3 is 0 Å². The minimum absolute atomic E-state index is 0.170. The number of hydrogen-bond acceptors (Lipinski definition) is 2. The van der Waals surface area contributed by atoms with E-state index in [0.29, 0.717) is 12.0 Å². The highest BCUT2D eigenvalue weighted by Gasteiger charge is 2.22. The van der Waals surface area contributed by atoms with Gasteiger partial charge in [0.05, 0.1) is 6.54 Å². The Bertz CT molecular complexity index is 460. The number of amidine groups is 1. The van der Waals surface area contributed by atoms with Crippen LogP contribution < -0.4 is 5.32 Å². The third-order valence-corrected chi connectivity index (χ3v) is 3.96. The van der Waals surface area contributed by atoms with Gasteiger partial charge in [0.1, 0.15) is 11.6 Å². The number of aliphatic imine (C=N–C) groups is 1. The van der Waals surface area contributed by atoms with Crippen molar-refractivity contribution in [3.63, 3.8) is 0 Å². The average molecular weight is 270 g/mol. The van der Waals surface area contributed by atoms with E-state index in [2.05, 4.69) is 24.2 Å². The third-order valence-electron chi connectivity index (χ3n) is 2.91. The van der Waals surface area contributed by atoms with E-state index in [0.717, 1.165) is 23.1 Å². The first-order valence-electron chi connectivity index (χ1n) is 5.94. The number of nitrogens with zero attached hydrogens (tertiary/aromatic N) is 1. The molecule has 1 fully saturated rings. The van der Waals surface area contributed by atoms with Crippen molar-refractivity contribution >= 4 is 16.9 Å². The van der Waals surface area contributed by atoms with E-state index in [9.17, 15) is 8.78 Å². The predicted molar refractivity (Wildman–Crippen MR) is 71.7 cm³/mol. The monoisotopic (exact) mass is 270 g/mol. The molecule has 1 N–H and O–H groups in total. The van der Waals surface area contributed by atoms with Crippen LogP contribution in [-0.4, -0.2) is 17.0 Å². The summed E-state index contributed by atoms with van der Waals surface area (Å²) in [5.74, 6) is 0.668. The molecule has 1 heterocycles. The number of hydrogen-bond donors (Lipinski definition) is 1. The van der Waals surface area contributed by atoms with Gasteiger partial charge in [-0.1, -0.05) is 25.6 Å². The molecule has 1 aromatic carbocycles. The van der Waals surface area contributed by atoms with Crippen molar-refractivity contribution < 1.29 is 8.78 Å². The first-order chi connectivity index (χ1) is 8.56. The highest BCUT2D eigenvalue weighted by atomic mass is 32.2. The molecule has 0 aromatic heterocycles. The summed E-state index contributed by atoms with van der Waals surface area (Å²) in [6.45, 7) is 4.46. The quantitative estimate of drug-likeness (QED) is 0.912. The van der Waals surface area contributed by atoms with E-state index in [1.807, 2.05) is 0 Å². The van der Waals surface area contributed by atoms with Gasteiger partial charge in [0.2, 0.25) is 0 Å². The standard InChI is InChI=1S/C13H16F2N2S/c1-8(2)12-7-18-13(17-12)16-6-9-5-10(14)3-4-11(9)15/h3-5,8,12H,6-7H2,1-2H3,(H,16,17)/t12-/m1/s1. The topological polar surface area (TPSA) is 24.4 Å². The van der Waals surface area contributed by atoms with Gasteiger partial charge in [0.15, 0.2) is 5.17 Å². The number of rotatable bonds is 3. The van der Waals surface area contributed by atoms with Crippen LogP contribution in [0.4, 0.5) is 8.78 Å². The molecule has 1 aromatic rings. The van der Waals surface area contributed by atoms with Gasteiger partial charge in [0.25, 0.3) is 0 Å². The van der Waals surface area contributed by atoms with Crippen LogP contribution in [-0.2, 0) is 6.54 Å². The molecule has 1 aliphatic rings. The van der Waals surface area contributed by atoms with Crippen LogP contribution in [0.3, 0.4) is 0 Å². The van der Waals surface area contributed by atoms with Crippen molar-refractivity contribution in [2.24, 2.45) is 10.9 Å². The summed E-state index contributed by atoms with van der Waals surface area (Å²) in [6.07, 6.45) is 0. The zero-order valence-corrected chi connectivity index (χ0v) is 11.2. The van der Waals surface area contributed by atoms with E-state index in [4.69, 9.17) is 0 Å². The summed E-state index contributed by atoms with van der Waals surface area (Å²) < 4.78 is 26.4. The molecule has 1 atom stereocenters. The molecule has 0 saturated carbocycles. The van der Waals surface area contributed by atoms with Crippen molar-refractivity contribution in [2.45, 2.75) is 26.4 Å². The first-order valence-corrected chi connectivity index (χ1v) is 6.92. The maximum absolute atomic E-state index is 13.4. The molecule has 0 aliphatic carbocycles. The Morgan fingerprint density at radius 3 is 2.89 bits per heavy atom. The highest BCUT2D eigenvalue weighted by Crippen LogP contribution is 2.20. The lowest BCUT2D eigenvalue weighted by atomic mass is 10.1. The molecule has 5 heteroatoms. The second kappa shape index (κ2) is 5.69. The van der Waals surface area contributed by atoms with Crippen LogP contribution >= 0.6 is 11.8 Å². The molecule has 1 aliphatic heterocycles. The SMILES string of the molecule is CC(C)[C@H]1CSC(=NCc2cc(F)ccc2F)N1. The molecule has 2 rings (SSSR count). The number of halogens is 2. The Labute approximate surface area is 110 Å². The number of thioether (sulfide) groups is 1. The van der Waals surface area contributed by atoms with Crippen LogP contribution in [0.5, 0.6) is 0 Å². The van der Waals surface area contributed by atoms with Crippen molar-refractivity contribution in [2.75, 3.05) is 5.75 Å². The van der Waals surface area contributed by atoms with Crippen LogP contribution in [0.1, 0.15) is 19.4 Å². The van der Waals surface area contributed by atoms with Gasteiger partial charge in [-0.3, -0.25) is 4.99 Å². The second-order valence-corrected chi connectivity index (χ2v) is 5.67. The van der Waals surface area contributed by atoms with Gasteiger partial charge in [-0.25, -0.2) is 8.78 Å². The van der Waals surface area contributed by atoms with Gasteiger partial charge in [0, 0.05) is 17.4 Å². The van der Waals surface area contributed by atoms with E-state index >= 15 is 0 Å². The maximum atomic E-state index is 13.4. The van der Waals surface area contributed by atoms with E-state index in [1.165, 1.54) is 6.07 Å². The lowest BCUT2D eigenvalue weighted by Gasteiger charge is -2.13. The zero-order valence-electron chi connectivity index (χ0n) is 10.4. The fraction of sp³-hybridized carbons (Fsp3) is 0.462. The summed E-state index contributed by atoms with van der Waals surface area (Å²) in [5, 5.41) is 4.11. The van der Waals surface area contributed by atoms with Crippen LogP contribution in [0.2, 0.25) is 0 Å². The fourth-order valence-corrected chi connectivity index (χ4v) is 2.88. The molecule has 98 valence electrons. The Balaban J connectivity index is 2.01. The molecule has 1 saturated heterocycles. The average Bonchev–Trinajstić information content (AvgIpc) is 2.79. The van der Waals surface area contributed by atoms with Crippen molar-refractivity contribution in [1.82, 2.24) is 5.32 Å². The van der Waals surface area contributed by atoms with E-state index in [-0.39, 0.29) is 12.1 Å². The van der Waals surface area contributed by atoms with Crippen molar-refractivity contribution in [3.8, 4) is 0 Å². The Morgan fingerprint density at radius 2 is 2.22 bits per heavy atom. The van der Waals surface area contributed by atoms with Crippen LogP contribution in [0.25, 0.3) is 0 Å². The first kappa shape index (κ1) is 13.3. The van der Waals surface area contributed by atoms with Gasteiger partial charge in [-0.2, -0.15) is 0 Å². The van der Waals surface area contributed by atoms with Crippen LogP contribution in [0.15, 0.2) is 23.2 Å². The van der Waals surface area contributed by atoms with Gasteiger partial charge < -0.3 is 5.32 Å². The number of nitrogens with one attached hydrogen (secondary N) is 1. The Hall–Kier alpha value is -1.10. The van der Waals surface area contributed by atoms with Crippen LogP contribution in [0, 0.1) is 17.6 Å². The maximum Gasteiger partial charge on any atom is 0.157 e. The van der Waals surface area contributed by atoms with Crippen molar-refractivity contribution in [1.29, 1.82) is 0 Å². The Kier molecular flexibility index (Phi) is 4.22. The normalized spacial score (nSPS) is 21.6. The minimum atomic E-state index is -0.432. The lowest BCUT2D eigenvalue weighted by Crippen LogP contribution is -2.31. The minimum Gasteiger partial charge on any atom is -0.361 e. The summed E-state index contributed by atoms with van der Waals surface area (Å²) in [5.41, 5.74) is 0.290. The third kappa shape index (κ3) is 3.22. The highest BCUT2D eigenvalue weighted by molar-refractivity contribution is 8.14. The molecule has 18 heavy (non-hydrogen) atoms. The molecule has 0 amide bonds. The zero-order chi connectivity index (χ0) is 13.1. The molecule has 0 radical (unpaired) electrons. The van der Waals surface area contributed by atoms with Crippen molar-refractivity contribution in [3.05, 3.63) is 35.4 Å². The van der Waals surface area contributed by atoms with Gasteiger partial charge in [-0.15, -0.1) is 0 Å². The number of benzene rings is 1. The van der Waals surface area contributed by atoms with E-state index in [1.54, 1.807) is 11.8 Å². The molecule has 2 nitrogen and oxygen atoms in total. The second-order valence-electron chi connectivity index (χ2n) is 4.66. The molecule has 0 spiro atoms. The summed E-state index contributed by atoms with van der Waals surface area (Å²) in [6, 6.07) is 3.85. The van der Waals surface area contributed by atoms with E-state index < -0.39 is 11.6 Å². The molecule has 0 unspecified atom stereocenters. The molecule has 0 bridgehead atoms. The Morgan fingerprint density at radius 1 is 1.44 bits per heavy atom. The summed E-state index contributed by atoms with van der Waals surface area (Å²) in [7, 11) is 0. The largest absolute Gasteiger partial charge is 0.361 e.